The first-order chi connectivity index (χ1) is 22.6. The van der Waals surface area contributed by atoms with Crippen molar-refractivity contribution in [3.05, 3.63) is 173 Å². The maximum Gasteiger partial charge on any atom is 0.0937 e. The Morgan fingerprint density at radius 2 is 0.978 bits per heavy atom. The molecule has 3 aliphatic carbocycles. The van der Waals surface area contributed by atoms with Gasteiger partial charge in [0.05, 0.1) is 22.5 Å². The van der Waals surface area contributed by atoms with Crippen molar-refractivity contribution in [1.82, 2.24) is 15.0 Å². The summed E-state index contributed by atoms with van der Waals surface area (Å²) in [7, 11) is 0. The maximum absolute atomic E-state index is 5.19. The van der Waals surface area contributed by atoms with Crippen LogP contribution in [0, 0.1) is 0 Å². The Balaban J connectivity index is 1.15. The van der Waals surface area contributed by atoms with Gasteiger partial charge in [-0.1, -0.05) is 98.8 Å². The van der Waals surface area contributed by atoms with E-state index in [2.05, 4.69) is 128 Å². The first-order valence-electron chi connectivity index (χ1n) is 15.9. The van der Waals surface area contributed by atoms with E-state index in [0.717, 1.165) is 28.2 Å². The lowest BCUT2D eigenvalue weighted by atomic mass is 9.71. The van der Waals surface area contributed by atoms with Gasteiger partial charge in [0.1, 0.15) is 0 Å². The largest absolute Gasteiger partial charge is 0.256 e. The molecule has 3 heterocycles. The van der Waals surface area contributed by atoms with Crippen LogP contribution in [0.15, 0.2) is 140 Å². The summed E-state index contributed by atoms with van der Waals surface area (Å²) in [4.78, 5) is 14.7. The molecule has 216 valence electrons. The molecule has 0 unspecified atom stereocenters. The standard InChI is InChI=1S/C43H29N3/c1-42(2)36-22-26(16-18-31(36)32-19-17-27(23-37(32)42)39-15-7-8-20-44-39)28-24-38-41(46-25-28)40-35(14-9-21-45-40)43(38)33-12-5-3-10-29(33)30-11-4-6-13-34(30)43/h3-25H,1-2H3. The Morgan fingerprint density at radius 3 is 1.70 bits per heavy atom. The minimum atomic E-state index is -0.455. The summed E-state index contributed by atoms with van der Waals surface area (Å²) < 4.78 is 0. The molecule has 0 atom stereocenters. The zero-order valence-corrected chi connectivity index (χ0v) is 25.6. The highest BCUT2D eigenvalue weighted by Gasteiger charge is 2.52. The number of hydrogen-bond donors (Lipinski definition) is 0. The smallest absolute Gasteiger partial charge is 0.0937 e. The number of fused-ring (bicyclic) bond motifs is 13. The van der Waals surface area contributed by atoms with Gasteiger partial charge in [0.25, 0.3) is 0 Å². The SMILES string of the molecule is CC1(C)c2cc(-c3cnc4c(c3)C3(c5ccccc5-c5ccccc53)c3cccnc3-4)ccc2-c2ccc(-c3ccccn3)cc21. The lowest BCUT2D eigenvalue weighted by molar-refractivity contribution is 0.661. The van der Waals surface area contributed by atoms with E-state index in [0.29, 0.717) is 0 Å². The van der Waals surface area contributed by atoms with E-state index in [1.54, 1.807) is 0 Å². The Hall–Kier alpha value is -5.67. The van der Waals surface area contributed by atoms with Crippen LogP contribution in [-0.2, 0) is 10.8 Å². The number of pyridine rings is 3. The van der Waals surface area contributed by atoms with E-state index < -0.39 is 5.41 Å². The molecule has 4 aromatic carbocycles. The fourth-order valence-corrected chi connectivity index (χ4v) is 8.56. The van der Waals surface area contributed by atoms with E-state index >= 15 is 0 Å². The molecular formula is C43H29N3. The highest BCUT2D eigenvalue weighted by Crippen LogP contribution is 2.62. The molecule has 10 rings (SSSR count). The predicted octanol–water partition coefficient (Wildman–Crippen LogP) is 9.86. The van der Waals surface area contributed by atoms with Crippen LogP contribution >= 0.6 is 0 Å². The highest BCUT2D eigenvalue weighted by molar-refractivity contribution is 5.94. The number of benzene rings is 4. The molecule has 0 aliphatic heterocycles. The van der Waals surface area contributed by atoms with Crippen LogP contribution in [0.5, 0.6) is 0 Å². The number of aromatic nitrogens is 3. The molecule has 3 nitrogen and oxygen atoms in total. The number of hydrogen-bond acceptors (Lipinski definition) is 3. The highest BCUT2D eigenvalue weighted by atomic mass is 14.8. The molecule has 0 saturated carbocycles. The van der Waals surface area contributed by atoms with Crippen molar-refractivity contribution in [2.45, 2.75) is 24.7 Å². The van der Waals surface area contributed by atoms with Gasteiger partial charge in [-0.15, -0.1) is 0 Å². The Kier molecular flexibility index (Phi) is 4.99. The maximum atomic E-state index is 5.19. The monoisotopic (exact) mass is 587 g/mol. The van der Waals surface area contributed by atoms with Crippen molar-refractivity contribution in [3.63, 3.8) is 0 Å². The van der Waals surface area contributed by atoms with Crippen molar-refractivity contribution in [2.75, 3.05) is 0 Å². The quantitative estimate of drug-likeness (QED) is 0.202. The van der Waals surface area contributed by atoms with Gasteiger partial charge in [0.2, 0.25) is 0 Å². The molecule has 0 saturated heterocycles. The summed E-state index contributed by atoms with van der Waals surface area (Å²) in [6.45, 7) is 4.68. The van der Waals surface area contributed by atoms with Crippen molar-refractivity contribution in [2.24, 2.45) is 0 Å². The summed E-state index contributed by atoms with van der Waals surface area (Å²) in [6.07, 6.45) is 5.80. The molecular weight excluding hydrogens is 558 g/mol. The summed E-state index contributed by atoms with van der Waals surface area (Å²) in [6, 6.07) is 44.3. The van der Waals surface area contributed by atoms with E-state index in [4.69, 9.17) is 9.97 Å². The minimum Gasteiger partial charge on any atom is -0.256 e. The van der Waals surface area contributed by atoms with Crippen molar-refractivity contribution in [1.29, 1.82) is 0 Å². The molecule has 1 spiro atoms. The Morgan fingerprint density at radius 1 is 0.413 bits per heavy atom. The second-order valence-corrected chi connectivity index (χ2v) is 13.2. The van der Waals surface area contributed by atoms with Crippen molar-refractivity contribution in [3.8, 4) is 56.0 Å². The zero-order valence-electron chi connectivity index (χ0n) is 25.6. The first-order valence-corrected chi connectivity index (χ1v) is 15.9. The van der Waals surface area contributed by atoms with E-state index in [9.17, 15) is 0 Å². The van der Waals surface area contributed by atoms with Gasteiger partial charge in [-0.25, -0.2) is 0 Å². The van der Waals surface area contributed by atoms with Gasteiger partial charge < -0.3 is 0 Å². The van der Waals surface area contributed by atoms with Crippen molar-refractivity contribution >= 4 is 0 Å². The molecule has 3 heteroatoms. The third-order valence-corrected chi connectivity index (χ3v) is 10.7. The van der Waals surface area contributed by atoms with Gasteiger partial charge in [0, 0.05) is 40.7 Å². The van der Waals surface area contributed by atoms with Crippen LogP contribution in [0.3, 0.4) is 0 Å². The fraction of sp³-hybridized carbons (Fsp3) is 0.0930. The lowest BCUT2D eigenvalue weighted by Gasteiger charge is -2.30. The van der Waals surface area contributed by atoms with Crippen LogP contribution < -0.4 is 0 Å². The van der Waals surface area contributed by atoms with Crippen LogP contribution in [0.2, 0.25) is 0 Å². The lowest BCUT2D eigenvalue weighted by Crippen LogP contribution is -2.26. The van der Waals surface area contributed by atoms with Crippen molar-refractivity contribution < 1.29 is 0 Å². The Bertz CT molecular complexity index is 2340. The van der Waals surface area contributed by atoms with Crippen LogP contribution in [0.4, 0.5) is 0 Å². The van der Waals surface area contributed by atoms with E-state index in [1.165, 1.54) is 61.2 Å². The number of rotatable bonds is 2. The van der Waals surface area contributed by atoms with Crippen LogP contribution in [0.25, 0.3) is 56.0 Å². The van der Waals surface area contributed by atoms with Gasteiger partial charge >= 0.3 is 0 Å². The summed E-state index contributed by atoms with van der Waals surface area (Å²) in [5.41, 5.74) is 18.7. The minimum absolute atomic E-state index is 0.152. The molecule has 0 fully saturated rings. The molecule has 0 bridgehead atoms. The molecule has 3 aromatic heterocycles. The number of nitrogens with zero attached hydrogens (tertiary/aromatic N) is 3. The third kappa shape index (κ3) is 3.14. The molecule has 46 heavy (non-hydrogen) atoms. The fourth-order valence-electron chi connectivity index (χ4n) is 8.56. The second kappa shape index (κ2) is 8.95. The third-order valence-electron chi connectivity index (χ3n) is 10.7. The van der Waals surface area contributed by atoms with E-state index in [1.807, 2.05) is 30.7 Å². The molecule has 0 amide bonds. The average Bonchev–Trinajstić information content (AvgIpc) is 3.67. The Labute approximate surface area is 268 Å². The molecule has 0 N–H and O–H groups in total. The molecule has 7 aromatic rings. The first kappa shape index (κ1) is 25.6. The zero-order chi connectivity index (χ0) is 30.6. The average molecular weight is 588 g/mol. The van der Waals surface area contributed by atoms with E-state index in [-0.39, 0.29) is 5.41 Å². The van der Waals surface area contributed by atoms with Crippen LogP contribution in [0.1, 0.15) is 47.2 Å². The van der Waals surface area contributed by atoms with Gasteiger partial charge in [0.15, 0.2) is 0 Å². The van der Waals surface area contributed by atoms with Crippen LogP contribution in [-0.4, -0.2) is 15.0 Å². The topological polar surface area (TPSA) is 38.7 Å². The summed E-state index contributed by atoms with van der Waals surface area (Å²) >= 11 is 0. The predicted molar refractivity (Wildman–Crippen MR) is 185 cm³/mol. The normalized spacial score (nSPS) is 15.1. The summed E-state index contributed by atoms with van der Waals surface area (Å²) in [5.74, 6) is 0. The van der Waals surface area contributed by atoms with Gasteiger partial charge in [-0.2, -0.15) is 0 Å². The van der Waals surface area contributed by atoms with Gasteiger partial charge in [-0.3, -0.25) is 15.0 Å². The van der Waals surface area contributed by atoms with Gasteiger partial charge in [-0.05, 0) is 92.0 Å². The second-order valence-electron chi connectivity index (χ2n) is 13.2. The summed E-state index contributed by atoms with van der Waals surface area (Å²) in [5, 5.41) is 0. The molecule has 0 radical (unpaired) electrons. The molecule has 3 aliphatic rings.